The van der Waals surface area contributed by atoms with Crippen molar-refractivity contribution in [2.45, 2.75) is 4.90 Å². The Hall–Kier alpha value is -3.82. The number of carbonyl (C=O) groups excluding carboxylic acids is 1. The van der Waals surface area contributed by atoms with Crippen molar-refractivity contribution in [1.82, 2.24) is 14.8 Å². The molecule has 0 spiro atoms. The SMILES string of the molecule is C=C(c1ccc(NS(=O)(=O)c2cccc3c2N(C)CC=C3)cc1)N1CCN(C(=O)c2ccc(Cl)cn2)CC1. The second-order valence-electron chi connectivity index (χ2n) is 9.25. The molecule has 38 heavy (non-hydrogen) atoms. The summed E-state index contributed by atoms with van der Waals surface area (Å²) in [6.07, 6.45) is 5.42. The summed E-state index contributed by atoms with van der Waals surface area (Å²) in [5.74, 6) is -0.120. The molecule has 0 unspecified atom stereocenters. The maximum atomic E-state index is 13.3. The van der Waals surface area contributed by atoms with Gasteiger partial charge in [-0.25, -0.2) is 13.4 Å². The third-order valence-corrected chi connectivity index (χ3v) is 8.38. The van der Waals surface area contributed by atoms with Crippen molar-refractivity contribution in [1.29, 1.82) is 0 Å². The number of piperazine rings is 1. The Labute approximate surface area is 227 Å². The quantitative estimate of drug-likeness (QED) is 0.490. The van der Waals surface area contributed by atoms with Gasteiger partial charge in [0, 0.05) is 57.4 Å². The van der Waals surface area contributed by atoms with Crippen LogP contribution in [0.5, 0.6) is 0 Å². The molecule has 0 atom stereocenters. The number of aromatic nitrogens is 1. The van der Waals surface area contributed by atoms with Crippen LogP contribution in [0.3, 0.4) is 0 Å². The number of para-hydroxylation sites is 1. The van der Waals surface area contributed by atoms with E-state index in [4.69, 9.17) is 11.6 Å². The van der Waals surface area contributed by atoms with Gasteiger partial charge in [-0.3, -0.25) is 9.52 Å². The van der Waals surface area contributed by atoms with E-state index in [2.05, 4.69) is 21.2 Å². The zero-order chi connectivity index (χ0) is 26.9. The molecule has 196 valence electrons. The predicted octanol–water partition coefficient (Wildman–Crippen LogP) is 4.43. The highest BCUT2D eigenvalue weighted by Crippen LogP contribution is 2.33. The van der Waals surface area contributed by atoms with Crippen molar-refractivity contribution < 1.29 is 13.2 Å². The van der Waals surface area contributed by atoms with E-state index in [1.54, 1.807) is 41.3 Å². The first-order valence-corrected chi connectivity index (χ1v) is 14.1. The van der Waals surface area contributed by atoms with Crippen LogP contribution in [0.1, 0.15) is 21.6 Å². The largest absolute Gasteiger partial charge is 0.369 e. The van der Waals surface area contributed by atoms with E-state index in [9.17, 15) is 13.2 Å². The van der Waals surface area contributed by atoms with Crippen LogP contribution in [0.15, 0.2) is 78.3 Å². The fourth-order valence-electron chi connectivity index (χ4n) is 4.70. The lowest BCUT2D eigenvalue weighted by atomic mass is 10.1. The zero-order valence-electron chi connectivity index (χ0n) is 21.0. The van der Waals surface area contributed by atoms with E-state index in [0.717, 1.165) is 16.8 Å². The molecule has 0 radical (unpaired) electrons. The molecule has 1 amide bonds. The third kappa shape index (κ3) is 5.25. The molecular formula is C28H28ClN5O3S. The Bertz CT molecular complexity index is 1500. The Kier molecular flexibility index (Phi) is 7.14. The molecule has 10 heteroatoms. The topological polar surface area (TPSA) is 85.9 Å². The number of hydrogen-bond acceptors (Lipinski definition) is 6. The smallest absolute Gasteiger partial charge is 0.272 e. The summed E-state index contributed by atoms with van der Waals surface area (Å²) < 4.78 is 29.2. The number of rotatable bonds is 6. The fraction of sp³-hybridized carbons (Fsp3) is 0.214. The second kappa shape index (κ2) is 10.5. The van der Waals surface area contributed by atoms with Crippen LogP contribution >= 0.6 is 11.6 Å². The monoisotopic (exact) mass is 549 g/mol. The van der Waals surface area contributed by atoms with Crippen LogP contribution in [-0.4, -0.2) is 68.9 Å². The standard InChI is InChI=1S/C28H28ClN5O3S/c1-20(33-15-17-34(18-16-33)28(35)25-13-10-23(29)19-30-25)21-8-11-24(12-9-21)31-38(36,37)26-7-3-5-22-6-4-14-32(2)27(22)26/h3-13,19,31H,1,14-18H2,2H3. The lowest BCUT2D eigenvalue weighted by Gasteiger charge is -2.37. The molecule has 2 aliphatic rings. The van der Waals surface area contributed by atoms with Gasteiger partial charge in [0.25, 0.3) is 15.9 Å². The van der Waals surface area contributed by atoms with Crippen molar-refractivity contribution in [3.8, 4) is 0 Å². The van der Waals surface area contributed by atoms with Crippen LogP contribution < -0.4 is 9.62 Å². The number of amides is 1. The van der Waals surface area contributed by atoms with E-state index in [1.165, 1.54) is 6.20 Å². The summed E-state index contributed by atoms with van der Waals surface area (Å²) in [5, 5.41) is 0.491. The Morgan fingerprint density at radius 3 is 2.39 bits per heavy atom. The number of halogens is 1. The van der Waals surface area contributed by atoms with Gasteiger partial charge in [-0.15, -0.1) is 0 Å². The van der Waals surface area contributed by atoms with Crippen molar-refractivity contribution in [3.63, 3.8) is 0 Å². The number of hydrogen-bond donors (Lipinski definition) is 1. The molecule has 1 aromatic heterocycles. The number of sulfonamides is 1. The Morgan fingerprint density at radius 2 is 1.71 bits per heavy atom. The van der Waals surface area contributed by atoms with Crippen molar-refractivity contribution >= 4 is 50.7 Å². The molecule has 2 aromatic carbocycles. The number of anilines is 2. The zero-order valence-corrected chi connectivity index (χ0v) is 22.5. The van der Waals surface area contributed by atoms with Crippen molar-refractivity contribution in [3.05, 3.63) is 95.3 Å². The van der Waals surface area contributed by atoms with Crippen molar-refractivity contribution in [2.24, 2.45) is 0 Å². The summed E-state index contributed by atoms with van der Waals surface area (Å²) >= 11 is 5.87. The maximum absolute atomic E-state index is 13.3. The summed E-state index contributed by atoms with van der Waals surface area (Å²) in [6, 6.07) is 15.8. The summed E-state index contributed by atoms with van der Waals surface area (Å²) in [5.41, 5.74) is 4.12. The number of nitrogens with one attached hydrogen (secondary N) is 1. The highest BCUT2D eigenvalue weighted by molar-refractivity contribution is 7.92. The van der Waals surface area contributed by atoms with Crippen LogP contribution in [0.2, 0.25) is 5.02 Å². The van der Waals surface area contributed by atoms with Crippen LogP contribution in [0.25, 0.3) is 11.8 Å². The molecule has 0 bridgehead atoms. The van der Waals surface area contributed by atoms with Gasteiger partial charge in [0.15, 0.2) is 0 Å². The van der Waals surface area contributed by atoms with Crippen LogP contribution in [0, 0.1) is 0 Å². The lowest BCUT2D eigenvalue weighted by Crippen LogP contribution is -2.47. The first-order valence-electron chi connectivity index (χ1n) is 12.2. The number of pyridine rings is 1. The van der Waals surface area contributed by atoms with Gasteiger partial charge < -0.3 is 14.7 Å². The molecule has 5 rings (SSSR count). The number of nitrogens with zero attached hydrogens (tertiary/aromatic N) is 4. The Balaban J connectivity index is 1.23. The minimum atomic E-state index is -3.79. The highest BCUT2D eigenvalue weighted by atomic mass is 35.5. The van der Waals surface area contributed by atoms with Gasteiger partial charge in [0.05, 0.1) is 10.7 Å². The third-order valence-electron chi connectivity index (χ3n) is 6.74. The van der Waals surface area contributed by atoms with E-state index < -0.39 is 10.0 Å². The average molecular weight is 550 g/mol. The second-order valence-corrected chi connectivity index (χ2v) is 11.3. The number of likely N-dealkylation sites (N-methyl/N-ethyl adjacent to an activating group) is 1. The molecule has 0 saturated carbocycles. The van der Waals surface area contributed by atoms with E-state index in [0.29, 0.717) is 54.8 Å². The molecule has 1 N–H and O–H groups in total. The molecular weight excluding hydrogens is 522 g/mol. The number of carbonyl (C=O) groups is 1. The minimum absolute atomic E-state index is 0.120. The number of benzene rings is 2. The molecule has 1 saturated heterocycles. The van der Waals surface area contributed by atoms with Gasteiger partial charge in [0.1, 0.15) is 10.6 Å². The minimum Gasteiger partial charge on any atom is -0.369 e. The fourth-order valence-corrected chi connectivity index (χ4v) is 6.15. The van der Waals surface area contributed by atoms with Gasteiger partial charge in [-0.1, -0.05) is 54.6 Å². The van der Waals surface area contributed by atoms with E-state index in [-0.39, 0.29) is 10.8 Å². The summed E-state index contributed by atoms with van der Waals surface area (Å²) in [4.78, 5) is 22.9. The molecule has 3 heterocycles. The Morgan fingerprint density at radius 1 is 1.00 bits per heavy atom. The predicted molar refractivity (Wildman–Crippen MR) is 152 cm³/mol. The first kappa shape index (κ1) is 25.8. The average Bonchev–Trinajstić information content (AvgIpc) is 2.93. The molecule has 1 fully saturated rings. The van der Waals surface area contributed by atoms with Crippen molar-refractivity contribution in [2.75, 3.05) is 49.4 Å². The molecule has 2 aliphatic heterocycles. The van der Waals surface area contributed by atoms with E-state index >= 15 is 0 Å². The lowest BCUT2D eigenvalue weighted by molar-refractivity contribution is 0.0680. The summed E-state index contributed by atoms with van der Waals surface area (Å²) in [7, 11) is -1.91. The molecule has 3 aromatic rings. The van der Waals surface area contributed by atoms with Gasteiger partial charge in [0.2, 0.25) is 0 Å². The normalized spacial score (nSPS) is 15.3. The van der Waals surface area contributed by atoms with Crippen LogP contribution in [0.4, 0.5) is 11.4 Å². The van der Waals surface area contributed by atoms with Crippen LogP contribution in [-0.2, 0) is 10.0 Å². The van der Waals surface area contributed by atoms with Gasteiger partial charge in [-0.2, -0.15) is 0 Å². The molecule has 8 nitrogen and oxygen atoms in total. The summed E-state index contributed by atoms with van der Waals surface area (Å²) in [6.45, 7) is 7.25. The highest BCUT2D eigenvalue weighted by Gasteiger charge is 2.25. The molecule has 0 aliphatic carbocycles. The van der Waals surface area contributed by atoms with Gasteiger partial charge >= 0.3 is 0 Å². The van der Waals surface area contributed by atoms with Gasteiger partial charge in [-0.05, 0) is 41.5 Å². The first-order chi connectivity index (χ1) is 18.2. The van der Waals surface area contributed by atoms with E-state index in [1.807, 2.05) is 42.3 Å². The number of fused-ring (bicyclic) bond motifs is 1. The maximum Gasteiger partial charge on any atom is 0.272 e.